The van der Waals surface area contributed by atoms with E-state index >= 15 is 0 Å². The van der Waals surface area contributed by atoms with E-state index in [1.165, 1.54) is 11.8 Å². The second-order valence-electron chi connectivity index (χ2n) is 5.79. The first kappa shape index (κ1) is 16.1. The maximum Gasteiger partial charge on any atom is 0.237 e. The van der Waals surface area contributed by atoms with Gasteiger partial charge in [-0.1, -0.05) is 52.9 Å². The first-order valence-corrected chi connectivity index (χ1v) is 9.58. The van der Waals surface area contributed by atoms with Crippen LogP contribution in [0.5, 0.6) is 0 Å². The minimum absolute atomic E-state index is 0.0508. The quantitative estimate of drug-likeness (QED) is 0.543. The van der Waals surface area contributed by atoms with Crippen LogP contribution in [0.25, 0.3) is 15.2 Å². The Morgan fingerprint density at radius 1 is 1.16 bits per heavy atom. The number of aromatic nitrogens is 3. The fourth-order valence-electron chi connectivity index (χ4n) is 2.52. The fraction of sp³-hybridized carbons (Fsp3) is 0.167. The predicted molar refractivity (Wildman–Crippen MR) is 103 cm³/mol. The molecule has 0 fully saturated rings. The van der Waals surface area contributed by atoms with E-state index in [1.807, 2.05) is 60.7 Å². The molecule has 0 bridgehead atoms. The van der Waals surface area contributed by atoms with Gasteiger partial charge in [-0.15, -0.1) is 10.2 Å². The lowest BCUT2D eigenvalue weighted by Crippen LogP contribution is -2.22. The molecule has 0 saturated heterocycles. The van der Waals surface area contributed by atoms with Gasteiger partial charge in [-0.25, -0.2) is 0 Å². The lowest BCUT2D eigenvalue weighted by Gasteiger charge is -2.11. The largest absolute Gasteiger partial charge is 0.325 e. The Hall–Kier alpha value is -2.38. The second kappa shape index (κ2) is 6.50. The van der Waals surface area contributed by atoms with Crippen LogP contribution < -0.4 is 5.32 Å². The predicted octanol–water partition coefficient (Wildman–Crippen LogP) is 4.37. The lowest BCUT2D eigenvalue weighted by atomic mass is 10.2. The van der Waals surface area contributed by atoms with Crippen molar-refractivity contribution in [1.29, 1.82) is 0 Å². The lowest BCUT2D eigenvalue weighted by molar-refractivity contribution is -0.115. The highest BCUT2D eigenvalue weighted by Crippen LogP contribution is 2.31. The number of benzene rings is 2. The van der Waals surface area contributed by atoms with E-state index in [9.17, 15) is 4.79 Å². The third-order valence-corrected chi connectivity index (χ3v) is 5.94. The minimum atomic E-state index is -0.285. The van der Waals surface area contributed by atoms with Crippen molar-refractivity contribution in [3.05, 3.63) is 54.1 Å². The summed E-state index contributed by atoms with van der Waals surface area (Å²) in [7, 11) is 0. The number of nitrogens with zero attached hydrogens (tertiary/aromatic N) is 3. The van der Waals surface area contributed by atoms with E-state index in [0.717, 1.165) is 31.6 Å². The number of thiazole rings is 1. The van der Waals surface area contributed by atoms with Gasteiger partial charge in [0.05, 0.1) is 15.5 Å². The number of amides is 1. The van der Waals surface area contributed by atoms with Crippen LogP contribution in [0.2, 0.25) is 0 Å². The van der Waals surface area contributed by atoms with E-state index in [4.69, 9.17) is 0 Å². The monoisotopic (exact) mass is 368 g/mol. The van der Waals surface area contributed by atoms with Crippen LogP contribution >= 0.6 is 23.1 Å². The zero-order valence-corrected chi connectivity index (χ0v) is 15.4. The molecular weight excluding hydrogens is 352 g/mol. The normalized spacial score (nSPS) is 12.6. The minimum Gasteiger partial charge on any atom is -0.325 e. The molecule has 2 aromatic heterocycles. The van der Waals surface area contributed by atoms with Crippen LogP contribution in [-0.4, -0.2) is 25.8 Å². The summed E-state index contributed by atoms with van der Waals surface area (Å²) in [5.41, 5.74) is 3.03. The maximum atomic E-state index is 12.5. The number of hydrogen-bond donors (Lipinski definition) is 1. The summed E-state index contributed by atoms with van der Waals surface area (Å²) in [4.78, 5) is 13.3. The van der Waals surface area contributed by atoms with Gasteiger partial charge in [-0.3, -0.25) is 9.20 Å². The van der Waals surface area contributed by atoms with Gasteiger partial charge >= 0.3 is 0 Å². The molecule has 5 nitrogen and oxygen atoms in total. The molecule has 1 amide bonds. The Bertz CT molecular complexity index is 1050. The molecule has 4 rings (SSSR count). The van der Waals surface area contributed by atoms with E-state index in [2.05, 4.69) is 21.6 Å². The molecule has 25 heavy (non-hydrogen) atoms. The topological polar surface area (TPSA) is 59.3 Å². The number of para-hydroxylation sites is 1. The van der Waals surface area contributed by atoms with E-state index < -0.39 is 0 Å². The third-order valence-electron chi connectivity index (χ3n) is 3.88. The number of carbonyl (C=O) groups is 1. The zero-order valence-electron chi connectivity index (χ0n) is 13.8. The van der Waals surface area contributed by atoms with E-state index in [0.29, 0.717) is 0 Å². The molecule has 0 aliphatic carbocycles. The van der Waals surface area contributed by atoms with Crippen molar-refractivity contribution in [2.45, 2.75) is 24.3 Å². The Morgan fingerprint density at radius 3 is 2.72 bits per heavy atom. The summed E-state index contributed by atoms with van der Waals surface area (Å²) in [6, 6.07) is 15.9. The van der Waals surface area contributed by atoms with Crippen molar-refractivity contribution in [2.24, 2.45) is 0 Å². The smallest absolute Gasteiger partial charge is 0.237 e. The summed E-state index contributed by atoms with van der Waals surface area (Å²) in [5, 5.41) is 11.9. The van der Waals surface area contributed by atoms with Crippen LogP contribution in [-0.2, 0) is 4.79 Å². The molecule has 126 valence electrons. The SMILES string of the molecule is Cc1ccc(NC(=O)[C@H](C)Sc2nnc3sc4ccccc4n23)cc1. The van der Waals surface area contributed by atoms with Crippen molar-refractivity contribution in [1.82, 2.24) is 14.6 Å². The van der Waals surface area contributed by atoms with Gasteiger partial charge in [0.1, 0.15) is 0 Å². The third kappa shape index (κ3) is 3.12. The van der Waals surface area contributed by atoms with Crippen LogP contribution in [0.15, 0.2) is 53.7 Å². The molecule has 1 atom stereocenters. The van der Waals surface area contributed by atoms with Gasteiger partial charge in [0.2, 0.25) is 10.9 Å². The van der Waals surface area contributed by atoms with Gasteiger partial charge in [0.15, 0.2) is 5.16 Å². The zero-order chi connectivity index (χ0) is 17.4. The van der Waals surface area contributed by atoms with Crippen molar-refractivity contribution in [3.63, 3.8) is 0 Å². The number of fused-ring (bicyclic) bond motifs is 3. The molecule has 0 unspecified atom stereocenters. The van der Waals surface area contributed by atoms with Gasteiger partial charge in [0, 0.05) is 5.69 Å². The number of hydrogen-bond acceptors (Lipinski definition) is 5. The molecule has 0 aliphatic heterocycles. The Kier molecular flexibility index (Phi) is 4.19. The summed E-state index contributed by atoms with van der Waals surface area (Å²) < 4.78 is 3.17. The molecule has 0 saturated carbocycles. The van der Waals surface area contributed by atoms with Crippen molar-refractivity contribution in [2.75, 3.05) is 5.32 Å². The second-order valence-corrected chi connectivity index (χ2v) is 8.10. The Balaban J connectivity index is 1.56. The molecule has 0 aliphatic rings. The van der Waals surface area contributed by atoms with Gasteiger partial charge < -0.3 is 5.32 Å². The number of nitrogens with one attached hydrogen (secondary N) is 1. The van der Waals surface area contributed by atoms with E-state index in [1.54, 1.807) is 11.3 Å². The highest BCUT2D eigenvalue weighted by molar-refractivity contribution is 8.00. The fourth-order valence-corrected chi connectivity index (χ4v) is 4.41. The first-order chi connectivity index (χ1) is 12.1. The number of anilines is 1. The van der Waals surface area contributed by atoms with E-state index in [-0.39, 0.29) is 11.2 Å². The molecule has 0 spiro atoms. The number of carbonyl (C=O) groups excluding carboxylic acids is 1. The van der Waals surface area contributed by atoms with Crippen molar-refractivity contribution in [3.8, 4) is 0 Å². The van der Waals surface area contributed by atoms with Crippen LogP contribution in [0.3, 0.4) is 0 Å². The number of aryl methyl sites for hydroxylation is 1. The molecule has 0 radical (unpaired) electrons. The van der Waals surface area contributed by atoms with Crippen LogP contribution in [0.1, 0.15) is 12.5 Å². The highest BCUT2D eigenvalue weighted by atomic mass is 32.2. The standard InChI is InChI=1S/C18H16N4OS2/c1-11-7-9-13(10-8-11)19-16(23)12(2)24-17-20-21-18-22(17)14-5-3-4-6-15(14)25-18/h3-10,12H,1-2H3,(H,19,23)/t12-/m0/s1. The molecular formula is C18H16N4OS2. The summed E-state index contributed by atoms with van der Waals surface area (Å²) in [6.45, 7) is 3.90. The molecule has 2 aromatic carbocycles. The highest BCUT2D eigenvalue weighted by Gasteiger charge is 2.20. The maximum absolute atomic E-state index is 12.5. The summed E-state index contributed by atoms with van der Waals surface area (Å²) in [6.07, 6.45) is 0. The Labute approximate surface area is 153 Å². The first-order valence-electron chi connectivity index (χ1n) is 7.88. The average molecular weight is 368 g/mol. The number of thioether (sulfide) groups is 1. The summed E-state index contributed by atoms with van der Waals surface area (Å²) >= 11 is 3.01. The summed E-state index contributed by atoms with van der Waals surface area (Å²) in [5.74, 6) is -0.0508. The molecule has 7 heteroatoms. The molecule has 1 N–H and O–H groups in total. The average Bonchev–Trinajstić information content (AvgIpc) is 3.16. The van der Waals surface area contributed by atoms with Gasteiger partial charge in [-0.05, 0) is 38.1 Å². The van der Waals surface area contributed by atoms with Crippen molar-refractivity contribution >= 4 is 49.9 Å². The van der Waals surface area contributed by atoms with Gasteiger partial charge in [0.25, 0.3) is 0 Å². The number of rotatable bonds is 4. The van der Waals surface area contributed by atoms with Crippen LogP contribution in [0.4, 0.5) is 5.69 Å². The van der Waals surface area contributed by atoms with Crippen LogP contribution in [0, 0.1) is 6.92 Å². The Morgan fingerprint density at radius 2 is 1.92 bits per heavy atom. The molecule has 4 aromatic rings. The molecule has 2 heterocycles. The van der Waals surface area contributed by atoms with Gasteiger partial charge in [-0.2, -0.15) is 0 Å². The van der Waals surface area contributed by atoms with Crippen molar-refractivity contribution < 1.29 is 4.79 Å².